The summed E-state index contributed by atoms with van der Waals surface area (Å²) in [5, 5.41) is 12.5. The minimum absolute atomic E-state index is 0.168. The molecule has 0 aliphatic carbocycles. The summed E-state index contributed by atoms with van der Waals surface area (Å²) < 4.78 is 10.5. The zero-order valence-corrected chi connectivity index (χ0v) is 14.5. The van der Waals surface area contributed by atoms with Crippen molar-refractivity contribution in [3.63, 3.8) is 0 Å². The van der Waals surface area contributed by atoms with Gasteiger partial charge in [-0.25, -0.2) is 4.99 Å². The van der Waals surface area contributed by atoms with Crippen LogP contribution >= 0.6 is 11.8 Å². The standard InChI is InChI=1S/C18H16N2O4S/c1-23-14-8-3-11(9-15(14)24-2)10-16-17(22)20-18(25-16)19-12-4-6-13(21)7-5-12/h3-10,21H,1-2H3,(H,19,20,22)/b16-10+. The first-order valence-corrected chi connectivity index (χ1v) is 8.21. The molecular formula is C18H16N2O4S. The molecule has 1 heterocycles. The molecule has 0 atom stereocenters. The van der Waals surface area contributed by atoms with E-state index >= 15 is 0 Å². The molecule has 1 saturated heterocycles. The van der Waals surface area contributed by atoms with Crippen molar-refractivity contribution >= 4 is 34.6 Å². The second-order valence-corrected chi connectivity index (χ2v) is 6.14. The summed E-state index contributed by atoms with van der Waals surface area (Å²) in [5.41, 5.74) is 1.47. The molecule has 1 amide bonds. The molecule has 1 aliphatic heterocycles. The Labute approximate surface area is 149 Å². The van der Waals surface area contributed by atoms with Gasteiger partial charge in [-0.15, -0.1) is 0 Å². The number of phenols is 1. The van der Waals surface area contributed by atoms with Gasteiger partial charge in [0.05, 0.1) is 24.8 Å². The van der Waals surface area contributed by atoms with E-state index < -0.39 is 0 Å². The molecule has 0 unspecified atom stereocenters. The van der Waals surface area contributed by atoms with Crippen molar-refractivity contribution in [2.24, 2.45) is 4.99 Å². The first kappa shape index (κ1) is 16.9. The summed E-state index contributed by atoms with van der Waals surface area (Å²) >= 11 is 1.25. The van der Waals surface area contributed by atoms with Crippen molar-refractivity contribution in [2.75, 3.05) is 14.2 Å². The van der Waals surface area contributed by atoms with E-state index in [1.165, 1.54) is 11.8 Å². The Morgan fingerprint density at radius 3 is 2.48 bits per heavy atom. The van der Waals surface area contributed by atoms with Crippen LogP contribution in [-0.4, -0.2) is 30.4 Å². The molecule has 128 valence electrons. The number of amides is 1. The van der Waals surface area contributed by atoms with Crippen molar-refractivity contribution in [1.29, 1.82) is 0 Å². The fourth-order valence-corrected chi connectivity index (χ4v) is 3.06. The Kier molecular flexibility index (Phi) is 4.95. The highest BCUT2D eigenvalue weighted by Crippen LogP contribution is 2.32. The molecule has 2 aromatic rings. The Morgan fingerprint density at radius 1 is 1.08 bits per heavy atom. The van der Waals surface area contributed by atoms with Crippen LogP contribution in [0.4, 0.5) is 5.69 Å². The topological polar surface area (TPSA) is 80.2 Å². The number of benzene rings is 2. The third kappa shape index (κ3) is 3.95. The predicted molar refractivity (Wildman–Crippen MR) is 98.5 cm³/mol. The van der Waals surface area contributed by atoms with Crippen LogP contribution in [0.3, 0.4) is 0 Å². The van der Waals surface area contributed by atoms with Crippen LogP contribution < -0.4 is 14.8 Å². The fraction of sp³-hybridized carbons (Fsp3) is 0.111. The fourth-order valence-electron chi connectivity index (χ4n) is 2.22. The zero-order valence-electron chi connectivity index (χ0n) is 13.6. The smallest absolute Gasteiger partial charge is 0.264 e. The SMILES string of the molecule is COc1ccc(/C=C2/SC(=Nc3ccc(O)cc3)NC2=O)cc1OC. The van der Waals surface area contributed by atoms with Gasteiger partial charge in [0.15, 0.2) is 16.7 Å². The lowest BCUT2D eigenvalue weighted by molar-refractivity contribution is -0.115. The number of methoxy groups -OCH3 is 2. The lowest BCUT2D eigenvalue weighted by atomic mass is 10.2. The number of amidine groups is 1. The van der Waals surface area contributed by atoms with Crippen molar-refractivity contribution in [2.45, 2.75) is 0 Å². The molecule has 0 saturated carbocycles. The number of aromatic hydroxyl groups is 1. The van der Waals surface area contributed by atoms with Crippen LogP contribution in [0.2, 0.25) is 0 Å². The Morgan fingerprint density at radius 2 is 1.80 bits per heavy atom. The molecular weight excluding hydrogens is 340 g/mol. The van der Waals surface area contributed by atoms with Crippen LogP contribution in [0.25, 0.3) is 6.08 Å². The molecule has 0 bridgehead atoms. The number of ether oxygens (including phenoxy) is 2. The van der Waals surface area contributed by atoms with Gasteiger partial charge in [0.1, 0.15) is 5.75 Å². The van der Waals surface area contributed by atoms with Gasteiger partial charge in [0.25, 0.3) is 5.91 Å². The number of hydrogen-bond donors (Lipinski definition) is 2. The first-order chi connectivity index (χ1) is 12.1. The molecule has 0 radical (unpaired) electrons. The highest BCUT2D eigenvalue weighted by molar-refractivity contribution is 8.18. The number of phenolic OH excluding ortho intramolecular Hbond substituents is 1. The molecule has 25 heavy (non-hydrogen) atoms. The lowest BCUT2D eigenvalue weighted by Crippen LogP contribution is -2.19. The van der Waals surface area contributed by atoms with Crippen molar-refractivity contribution < 1.29 is 19.4 Å². The summed E-state index contributed by atoms with van der Waals surface area (Å²) in [4.78, 5) is 17.0. The second kappa shape index (κ2) is 7.31. The van der Waals surface area contributed by atoms with Crippen molar-refractivity contribution in [3.05, 3.63) is 52.9 Å². The molecule has 1 aliphatic rings. The maximum absolute atomic E-state index is 12.1. The second-order valence-electron chi connectivity index (χ2n) is 5.11. The monoisotopic (exact) mass is 356 g/mol. The molecule has 3 rings (SSSR count). The number of carbonyl (C=O) groups is 1. The van der Waals surface area contributed by atoms with Crippen molar-refractivity contribution in [3.8, 4) is 17.2 Å². The Bertz CT molecular complexity index is 860. The van der Waals surface area contributed by atoms with Crippen LogP contribution in [0.5, 0.6) is 17.2 Å². The molecule has 2 N–H and O–H groups in total. The molecule has 2 aromatic carbocycles. The Balaban J connectivity index is 1.83. The summed E-state index contributed by atoms with van der Waals surface area (Å²) in [6.07, 6.45) is 1.77. The number of thioether (sulfide) groups is 1. The third-order valence-electron chi connectivity index (χ3n) is 3.44. The summed E-state index contributed by atoms with van der Waals surface area (Å²) in [6, 6.07) is 11.9. The van der Waals surface area contributed by atoms with Crippen molar-refractivity contribution in [1.82, 2.24) is 5.32 Å². The Hall–Kier alpha value is -2.93. The van der Waals surface area contributed by atoms with Crippen LogP contribution in [0.15, 0.2) is 52.4 Å². The van der Waals surface area contributed by atoms with Crippen LogP contribution in [-0.2, 0) is 4.79 Å². The van der Waals surface area contributed by atoms with E-state index in [4.69, 9.17) is 9.47 Å². The number of nitrogens with one attached hydrogen (secondary N) is 1. The highest BCUT2D eigenvalue weighted by Gasteiger charge is 2.23. The molecule has 0 aromatic heterocycles. The number of nitrogens with zero attached hydrogens (tertiary/aromatic N) is 1. The minimum atomic E-state index is -0.211. The summed E-state index contributed by atoms with van der Waals surface area (Å²) in [7, 11) is 3.14. The molecule has 1 fully saturated rings. The van der Waals surface area contributed by atoms with Gasteiger partial charge in [-0.05, 0) is 59.8 Å². The van der Waals surface area contributed by atoms with E-state index in [2.05, 4.69) is 10.3 Å². The average molecular weight is 356 g/mol. The minimum Gasteiger partial charge on any atom is -0.508 e. The molecule has 7 heteroatoms. The van der Waals surface area contributed by atoms with Gasteiger partial charge < -0.3 is 19.9 Å². The maximum Gasteiger partial charge on any atom is 0.264 e. The lowest BCUT2D eigenvalue weighted by Gasteiger charge is -2.07. The number of aliphatic imine (C=N–C) groups is 1. The maximum atomic E-state index is 12.1. The van der Waals surface area contributed by atoms with E-state index in [1.54, 1.807) is 56.7 Å². The van der Waals surface area contributed by atoms with Gasteiger partial charge in [0.2, 0.25) is 0 Å². The molecule has 6 nitrogen and oxygen atoms in total. The van der Waals surface area contributed by atoms with Gasteiger partial charge in [-0.1, -0.05) is 6.07 Å². The largest absolute Gasteiger partial charge is 0.508 e. The van der Waals surface area contributed by atoms with E-state index in [9.17, 15) is 9.90 Å². The number of rotatable bonds is 4. The van der Waals surface area contributed by atoms with E-state index in [0.717, 1.165) is 5.56 Å². The third-order valence-corrected chi connectivity index (χ3v) is 4.35. The van der Waals surface area contributed by atoms with Gasteiger partial charge in [-0.2, -0.15) is 0 Å². The predicted octanol–water partition coefficient (Wildman–Crippen LogP) is 3.30. The summed E-state index contributed by atoms with van der Waals surface area (Å²) in [6.45, 7) is 0. The van der Waals surface area contributed by atoms with Gasteiger partial charge >= 0.3 is 0 Å². The number of carbonyl (C=O) groups excluding carboxylic acids is 1. The first-order valence-electron chi connectivity index (χ1n) is 7.39. The highest BCUT2D eigenvalue weighted by atomic mass is 32.2. The molecule has 0 spiro atoms. The van der Waals surface area contributed by atoms with Crippen LogP contribution in [0.1, 0.15) is 5.56 Å². The van der Waals surface area contributed by atoms with Gasteiger partial charge in [0, 0.05) is 0 Å². The van der Waals surface area contributed by atoms with Gasteiger partial charge in [-0.3, -0.25) is 4.79 Å². The van der Waals surface area contributed by atoms with E-state index in [-0.39, 0.29) is 11.7 Å². The normalized spacial score (nSPS) is 17.0. The van der Waals surface area contributed by atoms with Crippen LogP contribution in [0, 0.1) is 0 Å². The number of hydrogen-bond acceptors (Lipinski definition) is 6. The van der Waals surface area contributed by atoms with E-state index in [1.807, 2.05) is 6.07 Å². The average Bonchev–Trinajstić information content (AvgIpc) is 2.96. The zero-order chi connectivity index (χ0) is 17.8. The quantitative estimate of drug-likeness (QED) is 0.822. The van der Waals surface area contributed by atoms with E-state index in [0.29, 0.717) is 27.3 Å². The summed E-state index contributed by atoms with van der Waals surface area (Å²) in [5.74, 6) is 1.18.